The van der Waals surface area contributed by atoms with Crippen LogP contribution in [0.5, 0.6) is 0 Å². The first-order chi connectivity index (χ1) is 12.8. The molecule has 1 aromatic carbocycles. The van der Waals surface area contributed by atoms with Crippen molar-refractivity contribution in [3.8, 4) is 0 Å². The summed E-state index contributed by atoms with van der Waals surface area (Å²) in [6.45, 7) is 2.27. The van der Waals surface area contributed by atoms with Crippen LogP contribution in [0.3, 0.4) is 0 Å². The second kappa shape index (κ2) is 15.8. The highest BCUT2D eigenvalue weighted by Gasteiger charge is 2.14. The lowest BCUT2D eigenvalue weighted by molar-refractivity contribution is -0.115. The Balaban J connectivity index is 1.87. The molecule has 0 radical (unpaired) electrons. The van der Waals surface area contributed by atoms with Crippen LogP contribution < -0.4 is 0 Å². The summed E-state index contributed by atoms with van der Waals surface area (Å²) in [6, 6.07) is 8.88. The molecule has 0 N–H and O–H groups in total. The van der Waals surface area contributed by atoms with Crippen molar-refractivity contribution in [2.24, 2.45) is 0 Å². The van der Waals surface area contributed by atoms with Crippen molar-refractivity contribution in [2.45, 2.75) is 103 Å². The number of carbonyl (C=O) groups is 2. The Morgan fingerprint density at radius 2 is 1.04 bits per heavy atom. The third-order valence-corrected chi connectivity index (χ3v) is 5.05. The number of benzene rings is 1. The van der Waals surface area contributed by atoms with Gasteiger partial charge in [0.05, 0.1) is 0 Å². The summed E-state index contributed by atoms with van der Waals surface area (Å²) in [5.41, 5.74) is 0.517. The van der Waals surface area contributed by atoms with Gasteiger partial charge in [0.1, 0.15) is 0 Å². The molecule has 26 heavy (non-hydrogen) atoms. The maximum absolute atomic E-state index is 12.0. The van der Waals surface area contributed by atoms with Crippen LogP contribution in [0.25, 0.3) is 0 Å². The van der Waals surface area contributed by atoms with Gasteiger partial charge in [-0.2, -0.15) is 0 Å². The Morgan fingerprint density at radius 1 is 0.615 bits per heavy atom. The maximum Gasteiger partial charge on any atom is 0.228 e. The van der Waals surface area contributed by atoms with Crippen LogP contribution in [-0.4, -0.2) is 11.6 Å². The SMILES string of the molecule is CCCCCCCCCCCCCCCCC(=O)C(=O)c1ccccc1. The maximum atomic E-state index is 12.0. The van der Waals surface area contributed by atoms with E-state index in [0.717, 1.165) is 12.8 Å². The zero-order valence-corrected chi connectivity index (χ0v) is 16.8. The first-order valence-electron chi connectivity index (χ1n) is 10.9. The standard InChI is InChI=1S/C24H38O2/c1-2-3-4-5-6-7-8-9-10-11-12-13-14-18-21-23(25)24(26)22-19-16-15-17-20-22/h15-17,19-20H,2-14,18,21H2,1H3. The summed E-state index contributed by atoms with van der Waals surface area (Å²) in [5.74, 6) is -0.574. The average molecular weight is 359 g/mol. The molecule has 0 spiro atoms. The van der Waals surface area contributed by atoms with E-state index in [1.54, 1.807) is 24.3 Å². The largest absolute Gasteiger partial charge is 0.290 e. The fourth-order valence-electron chi connectivity index (χ4n) is 3.34. The molecule has 0 bridgehead atoms. The summed E-state index contributed by atoms with van der Waals surface area (Å²) < 4.78 is 0. The lowest BCUT2D eigenvalue weighted by Crippen LogP contribution is -2.13. The van der Waals surface area contributed by atoms with E-state index in [-0.39, 0.29) is 11.6 Å². The molecular formula is C24H38O2. The van der Waals surface area contributed by atoms with Crippen LogP contribution in [0, 0.1) is 0 Å². The molecule has 1 rings (SSSR count). The zero-order chi connectivity index (χ0) is 18.9. The second-order valence-corrected chi connectivity index (χ2v) is 7.46. The summed E-state index contributed by atoms with van der Waals surface area (Å²) >= 11 is 0. The van der Waals surface area contributed by atoms with Gasteiger partial charge in [-0.05, 0) is 6.42 Å². The van der Waals surface area contributed by atoms with Gasteiger partial charge in [-0.25, -0.2) is 0 Å². The minimum absolute atomic E-state index is 0.241. The molecule has 0 heterocycles. The molecule has 146 valence electrons. The Kier molecular flexibility index (Phi) is 13.7. The minimum atomic E-state index is -0.333. The molecule has 0 amide bonds. The smallest absolute Gasteiger partial charge is 0.228 e. The highest BCUT2D eigenvalue weighted by molar-refractivity contribution is 6.43. The molecule has 0 aromatic heterocycles. The average Bonchev–Trinajstić information content (AvgIpc) is 2.68. The topological polar surface area (TPSA) is 34.1 Å². The van der Waals surface area contributed by atoms with Gasteiger partial charge in [0, 0.05) is 12.0 Å². The van der Waals surface area contributed by atoms with Crippen LogP contribution in [-0.2, 0) is 4.79 Å². The van der Waals surface area contributed by atoms with Crippen LogP contribution in [0.2, 0.25) is 0 Å². The highest BCUT2D eigenvalue weighted by Crippen LogP contribution is 2.13. The Morgan fingerprint density at radius 3 is 1.50 bits per heavy atom. The van der Waals surface area contributed by atoms with Crippen LogP contribution >= 0.6 is 0 Å². The van der Waals surface area contributed by atoms with Crippen molar-refractivity contribution < 1.29 is 9.59 Å². The fourth-order valence-corrected chi connectivity index (χ4v) is 3.34. The monoisotopic (exact) mass is 358 g/mol. The Bertz CT molecular complexity index is 478. The minimum Gasteiger partial charge on any atom is -0.290 e. The van der Waals surface area contributed by atoms with Crippen LogP contribution in [0.1, 0.15) is 114 Å². The van der Waals surface area contributed by atoms with Gasteiger partial charge >= 0.3 is 0 Å². The van der Waals surface area contributed by atoms with Gasteiger partial charge in [0.25, 0.3) is 0 Å². The van der Waals surface area contributed by atoms with E-state index in [4.69, 9.17) is 0 Å². The number of Topliss-reactive ketones (excluding diaryl/α,β-unsaturated/α-hetero) is 2. The summed E-state index contributed by atoms with van der Waals surface area (Å²) in [5, 5.41) is 0. The predicted octanol–water partition coefficient (Wildman–Crippen LogP) is 7.31. The van der Waals surface area contributed by atoms with Gasteiger partial charge in [-0.3, -0.25) is 9.59 Å². The molecule has 0 aliphatic heterocycles. The van der Waals surface area contributed by atoms with E-state index in [2.05, 4.69) is 6.92 Å². The lowest BCUT2D eigenvalue weighted by atomic mass is 10.0. The van der Waals surface area contributed by atoms with E-state index in [1.165, 1.54) is 77.0 Å². The van der Waals surface area contributed by atoms with Gasteiger partial charge in [-0.1, -0.05) is 121 Å². The predicted molar refractivity (Wildman–Crippen MR) is 111 cm³/mol. The number of ketones is 2. The second-order valence-electron chi connectivity index (χ2n) is 7.46. The number of unbranched alkanes of at least 4 members (excludes halogenated alkanes) is 13. The molecule has 2 nitrogen and oxygen atoms in total. The van der Waals surface area contributed by atoms with Crippen LogP contribution in [0.15, 0.2) is 30.3 Å². The first-order valence-corrected chi connectivity index (χ1v) is 10.9. The van der Waals surface area contributed by atoms with Gasteiger partial charge < -0.3 is 0 Å². The third-order valence-electron chi connectivity index (χ3n) is 5.05. The summed E-state index contributed by atoms with van der Waals surface area (Å²) in [6.07, 6.45) is 18.5. The van der Waals surface area contributed by atoms with Crippen molar-refractivity contribution in [1.29, 1.82) is 0 Å². The van der Waals surface area contributed by atoms with Crippen molar-refractivity contribution in [3.05, 3.63) is 35.9 Å². The zero-order valence-electron chi connectivity index (χ0n) is 16.8. The number of rotatable bonds is 17. The number of hydrogen-bond donors (Lipinski definition) is 0. The molecular weight excluding hydrogens is 320 g/mol. The first kappa shape index (κ1) is 22.6. The molecule has 1 aromatic rings. The molecule has 0 unspecified atom stereocenters. The van der Waals surface area contributed by atoms with Crippen molar-refractivity contribution >= 4 is 11.6 Å². The van der Waals surface area contributed by atoms with Crippen molar-refractivity contribution in [2.75, 3.05) is 0 Å². The van der Waals surface area contributed by atoms with E-state index in [9.17, 15) is 9.59 Å². The van der Waals surface area contributed by atoms with Gasteiger partial charge in [0.2, 0.25) is 11.6 Å². The Labute approximate surface area is 160 Å². The fraction of sp³-hybridized carbons (Fsp3) is 0.667. The Hall–Kier alpha value is -1.44. The molecule has 0 fully saturated rings. The third kappa shape index (κ3) is 11.2. The lowest BCUT2D eigenvalue weighted by Gasteiger charge is -2.03. The quantitative estimate of drug-likeness (QED) is 0.166. The van der Waals surface area contributed by atoms with Gasteiger partial charge in [0.15, 0.2) is 0 Å². The molecule has 0 aliphatic rings. The summed E-state index contributed by atoms with van der Waals surface area (Å²) in [7, 11) is 0. The number of hydrogen-bond acceptors (Lipinski definition) is 2. The van der Waals surface area contributed by atoms with E-state index < -0.39 is 0 Å². The van der Waals surface area contributed by atoms with Crippen LogP contribution in [0.4, 0.5) is 0 Å². The van der Waals surface area contributed by atoms with E-state index >= 15 is 0 Å². The molecule has 2 heteroatoms. The summed E-state index contributed by atoms with van der Waals surface area (Å²) in [4.78, 5) is 23.9. The molecule has 0 aliphatic carbocycles. The van der Waals surface area contributed by atoms with Crippen molar-refractivity contribution in [3.63, 3.8) is 0 Å². The number of carbonyl (C=O) groups excluding carboxylic acids is 2. The van der Waals surface area contributed by atoms with Gasteiger partial charge in [-0.15, -0.1) is 0 Å². The highest BCUT2D eigenvalue weighted by atomic mass is 16.2. The molecule has 0 saturated carbocycles. The molecule has 0 atom stereocenters. The van der Waals surface area contributed by atoms with Crippen molar-refractivity contribution in [1.82, 2.24) is 0 Å². The normalized spacial score (nSPS) is 10.8. The van der Waals surface area contributed by atoms with E-state index in [1.807, 2.05) is 6.07 Å². The molecule has 0 saturated heterocycles. The van der Waals surface area contributed by atoms with E-state index in [0.29, 0.717) is 12.0 Å².